The number of amides is 1. The van der Waals surface area contributed by atoms with Gasteiger partial charge in [-0.15, -0.1) is 0 Å². The van der Waals surface area contributed by atoms with E-state index in [1.165, 1.54) is 5.56 Å². The first-order chi connectivity index (χ1) is 13.0. The van der Waals surface area contributed by atoms with Crippen LogP contribution in [0.15, 0.2) is 42.5 Å². The van der Waals surface area contributed by atoms with Crippen molar-refractivity contribution in [2.45, 2.75) is 6.54 Å². The molecular formula is C20H23Cl2N3O2. The zero-order valence-corrected chi connectivity index (χ0v) is 16.8. The molecule has 0 aromatic heterocycles. The molecule has 3 rings (SSSR count). The largest absolute Gasteiger partial charge is 0.497 e. The van der Waals surface area contributed by atoms with Crippen LogP contribution in [0.25, 0.3) is 0 Å². The van der Waals surface area contributed by atoms with Gasteiger partial charge in [-0.1, -0.05) is 35.3 Å². The lowest BCUT2D eigenvalue weighted by atomic mass is 10.2. The van der Waals surface area contributed by atoms with Crippen LogP contribution in [0.1, 0.15) is 5.56 Å². The molecule has 0 aliphatic carbocycles. The van der Waals surface area contributed by atoms with Gasteiger partial charge in [0.05, 0.1) is 24.4 Å². The van der Waals surface area contributed by atoms with Gasteiger partial charge in [0, 0.05) is 37.7 Å². The van der Waals surface area contributed by atoms with Crippen LogP contribution >= 0.6 is 23.2 Å². The number of nitrogens with one attached hydrogen (secondary N) is 1. The van der Waals surface area contributed by atoms with Gasteiger partial charge in [-0.05, 0) is 35.9 Å². The topological polar surface area (TPSA) is 44.8 Å². The molecule has 27 heavy (non-hydrogen) atoms. The molecule has 1 heterocycles. The fourth-order valence-electron chi connectivity index (χ4n) is 3.08. The molecule has 0 unspecified atom stereocenters. The summed E-state index contributed by atoms with van der Waals surface area (Å²) in [5.74, 6) is 0.789. The van der Waals surface area contributed by atoms with Crippen molar-refractivity contribution in [3.05, 3.63) is 58.1 Å². The summed E-state index contributed by atoms with van der Waals surface area (Å²) in [6.07, 6.45) is 0. The molecule has 0 bridgehead atoms. The normalized spacial score (nSPS) is 15.5. The van der Waals surface area contributed by atoms with Gasteiger partial charge in [0.25, 0.3) is 0 Å². The van der Waals surface area contributed by atoms with Gasteiger partial charge >= 0.3 is 0 Å². The van der Waals surface area contributed by atoms with Crippen molar-refractivity contribution < 1.29 is 9.53 Å². The van der Waals surface area contributed by atoms with Gasteiger partial charge < -0.3 is 10.1 Å². The quantitative estimate of drug-likeness (QED) is 0.791. The standard InChI is InChI=1S/C20H23Cl2N3O2/c1-27-17-5-2-15(3-6-17)13-24-8-10-25(11-9-24)14-20(26)23-19-12-16(21)4-7-18(19)22/h2-7,12H,8-11,13-14H2,1H3,(H,23,26). The van der Waals surface area contributed by atoms with Crippen molar-refractivity contribution in [3.63, 3.8) is 0 Å². The predicted octanol–water partition coefficient (Wildman–Crippen LogP) is 3.76. The zero-order valence-electron chi connectivity index (χ0n) is 15.3. The lowest BCUT2D eigenvalue weighted by Crippen LogP contribution is -2.48. The minimum absolute atomic E-state index is 0.0808. The number of benzene rings is 2. The van der Waals surface area contributed by atoms with E-state index in [9.17, 15) is 4.79 Å². The van der Waals surface area contributed by atoms with E-state index in [1.807, 2.05) is 12.1 Å². The summed E-state index contributed by atoms with van der Waals surface area (Å²) in [7, 11) is 1.67. The maximum atomic E-state index is 12.3. The van der Waals surface area contributed by atoms with E-state index in [-0.39, 0.29) is 5.91 Å². The zero-order chi connectivity index (χ0) is 19.2. The molecule has 0 saturated carbocycles. The summed E-state index contributed by atoms with van der Waals surface area (Å²) < 4.78 is 5.19. The lowest BCUT2D eigenvalue weighted by molar-refractivity contribution is -0.117. The van der Waals surface area contributed by atoms with E-state index in [2.05, 4.69) is 27.2 Å². The molecule has 2 aromatic rings. The highest BCUT2D eigenvalue weighted by Crippen LogP contribution is 2.25. The van der Waals surface area contributed by atoms with Gasteiger partial charge in [-0.3, -0.25) is 14.6 Å². The second-order valence-corrected chi connectivity index (χ2v) is 7.42. The highest BCUT2D eigenvalue weighted by molar-refractivity contribution is 6.35. The van der Waals surface area contributed by atoms with Gasteiger partial charge in [0.2, 0.25) is 5.91 Å². The second kappa shape index (κ2) is 9.42. The molecule has 0 spiro atoms. The number of anilines is 1. The number of halogens is 2. The number of carbonyl (C=O) groups excluding carboxylic acids is 1. The van der Waals surface area contributed by atoms with Gasteiger partial charge in [-0.25, -0.2) is 0 Å². The Morgan fingerprint density at radius 3 is 2.37 bits per heavy atom. The molecule has 1 amide bonds. The van der Waals surface area contributed by atoms with Crippen LogP contribution in [0.5, 0.6) is 5.75 Å². The Labute approximate surface area is 169 Å². The second-order valence-electron chi connectivity index (χ2n) is 6.57. The van der Waals surface area contributed by atoms with Crippen LogP contribution in [0.3, 0.4) is 0 Å². The fourth-order valence-corrected chi connectivity index (χ4v) is 3.42. The van der Waals surface area contributed by atoms with Crippen molar-refractivity contribution in [2.75, 3.05) is 45.2 Å². The van der Waals surface area contributed by atoms with E-state index >= 15 is 0 Å². The number of carbonyl (C=O) groups is 1. The number of nitrogens with zero attached hydrogens (tertiary/aromatic N) is 2. The Morgan fingerprint density at radius 1 is 1.04 bits per heavy atom. The highest BCUT2D eigenvalue weighted by Gasteiger charge is 2.19. The van der Waals surface area contributed by atoms with E-state index in [1.54, 1.807) is 25.3 Å². The maximum Gasteiger partial charge on any atom is 0.238 e. The van der Waals surface area contributed by atoms with Crippen LogP contribution < -0.4 is 10.1 Å². The average Bonchev–Trinajstić information content (AvgIpc) is 2.67. The molecule has 2 aromatic carbocycles. The third kappa shape index (κ3) is 5.84. The first-order valence-electron chi connectivity index (χ1n) is 8.86. The van der Waals surface area contributed by atoms with Crippen LogP contribution in [0.2, 0.25) is 10.0 Å². The molecule has 0 radical (unpaired) electrons. The van der Waals surface area contributed by atoms with Crippen molar-refractivity contribution in [1.29, 1.82) is 0 Å². The van der Waals surface area contributed by atoms with E-state index in [0.717, 1.165) is 38.5 Å². The molecule has 1 fully saturated rings. The van der Waals surface area contributed by atoms with Gasteiger partial charge in [0.1, 0.15) is 5.75 Å². The number of rotatable bonds is 6. The van der Waals surface area contributed by atoms with Crippen LogP contribution in [0.4, 0.5) is 5.69 Å². The average molecular weight is 408 g/mol. The number of methoxy groups -OCH3 is 1. The SMILES string of the molecule is COc1ccc(CN2CCN(CC(=O)Nc3cc(Cl)ccc3Cl)CC2)cc1. The van der Waals surface area contributed by atoms with Gasteiger partial charge in [-0.2, -0.15) is 0 Å². The Balaban J connectivity index is 1.44. The maximum absolute atomic E-state index is 12.3. The number of hydrogen-bond acceptors (Lipinski definition) is 4. The Morgan fingerprint density at radius 2 is 1.70 bits per heavy atom. The van der Waals surface area contributed by atoms with E-state index in [0.29, 0.717) is 22.3 Å². The highest BCUT2D eigenvalue weighted by atomic mass is 35.5. The molecule has 144 valence electrons. The van der Waals surface area contributed by atoms with Crippen LogP contribution in [-0.2, 0) is 11.3 Å². The molecule has 5 nitrogen and oxygen atoms in total. The fraction of sp³-hybridized carbons (Fsp3) is 0.350. The monoisotopic (exact) mass is 407 g/mol. The summed E-state index contributed by atoms with van der Waals surface area (Å²) in [6.45, 7) is 4.82. The first-order valence-corrected chi connectivity index (χ1v) is 9.61. The van der Waals surface area contributed by atoms with Crippen molar-refractivity contribution >= 4 is 34.8 Å². The Kier molecular flexibility index (Phi) is 6.96. The van der Waals surface area contributed by atoms with Crippen molar-refractivity contribution in [3.8, 4) is 5.75 Å². The molecule has 1 aliphatic rings. The summed E-state index contributed by atoms with van der Waals surface area (Å²) in [5, 5.41) is 3.86. The van der Waals surface area contributed by atoms with Gasteiger partial charge in [0.15, 0.2) is 0 Å². The van der Waals surface area contributed by atoms with E-state index < -0.39 is 0 Å². The number of ether oxygens (including phenoxy) is 1. The summed E-state index contributed by atoms with van der Waals surface area (Å²) in [5.41, 5.74) is 1.81. The third-order valence-corrected chi connectivity index (χ3v) is 5.16. The predicted molar refractivity (Wildman–Crippen MR) is 110 cm³/mol. The van der Waals surface area contributed by atoms with Crippen molar-refractivity contribution in [1.82, 2.24) is 9.80 Å². The van der Waals surface area contributed by atoms with Crippen molar-refractivity contribution in [2.24, 2.45) is 0 Å². The summed E-state index contributed by atoms with van der Waals surface area (Å²) >= 11 is 12.1. The van der Waals surface area contributed by atoms with E-state index in [4.69, 9.17) is 27.9 Å². The first kappa shape index (κ1) is 20.0. The lowest BCUT2D eigenvalue weighted by Gasteiger charge is -2.34. The Bertz CT molecular complexity index is 775. The molecule has 1 aliphatic heterocycles. The number of hydrogen-bond donors (Lipinski definition) is 1. The minimum Gasteiger partial charge on any atom is -0.497 e. The molecule has 1 N–H and O–H groups in total. The molecule has 1 saturated heterocycles. The molecule has 7 heteroatoms. The van der Waals surface area contributed by atoms with Crippen LogP contribution in [-0.4, -0.2) is 55.5 Å². The smallest absolute Gasteiger partial charge is 0.238 e. The molecular weight excluding hydrogens is 385 g/mol. The Hall–Kier alpha value is -1.79. The summed E-state index contributed by atoms with van der Waals surface area (Å²) in [6, 6.07) is 13.2. The number of piperazine rings is 1. The minimum atomic E-state index is -0.0808. The summed E-state index contributed by atoms with van der Waals surface area (Å²) in [4.78, 5) is 16.8. The third-order valence-electron chi connectivity index (χ3n) is 4.60. The van der Waals surface area contributed by atoms with Crippen LogP contribution in [0, 0.1) is 0 Å². The molecule has 0 atom stereocenters.